The summed E-state index contributed by atoms with van der Waals surface area (Å²) >= 11 is -0.804. The van der Waals surface area contributed by atoms with Crippen LogP contribution in [0.3, 0.4) is 0 Å². The molecule has 2 bridgehead atoms. The second-order valence-electron chi connectivity index (χ2n) is 12.4. The molecule has 0 amide bonds. The topological polar surface area (TPSA) is 0 Å². The predicted molar refractivity (Wildman–Crippen MR) is 128 cm³/mol. The first-order valence-electron chi connectivity index (χ1n) is 12.0. The average molecular weight is 557 g/mol. The van der Waals surface area contributed by atoms with Crippen molar-refractivity contribution >= 4 is 12.2 Å². The number of hydrogen-bond acceptors (Lipinski definition) is 0. The zero-order valence-corrected chi connectivity index (χ0v) is 24.7. The quantitative estimate of drug-likeness (QED) is 0.465. The molecule has 2 saturated heterocycles. The molecule has 2 aliphatic carbocycles. The van der Waals surface area contributed by atoms with E-state index in [0.29, 0.717) is 6.25 Å². The van der Waals surface area contributed by atoms with Gasteiger partial charge in [-0.3, -0.25) is 0 Å². The van der Waals surface area contributed by atoms with Crippen molar-refractivity contribution in [2.75, 3.05) is 0 Å². The van der Waals surface area contributed by atoms with E-state index in [9.17, 15) is 0 Å². The summed E-state index contributed by atoms with van der Waals surface area (Å²) in [6.45, 7) is 14.2. The normalized spacial score (nSPS) is 26.1. The molecule has 6 rings (SSSR count). The summed E-state index contributed by atoms with van der Waals surface area (Å²) in [6.07, 6.45) is 10.5. The van der Waals surface area contributed by atoms with Crippen LogP contribution in [0.5, 0.6) is 0 Å². The van der Waals surface area contributed by atoms with Gasteiger partial charge in [-0.1, -0.05) is 0 Å². The van der Waals surface area contributed by atoms with Crippen LogP contribution in [0, 0.1) is 0 Å². The molecule has 172 valence electrons. The second-order valence-corrected chi connectivity index (χ2v) is 17.2. The second kappa shape index (κ2) is 7.95. The molecule has 2 fully saturated rings. The number of allylic oxidation sites excluding steroid dienone is 2. The van der Waals surface area contributed by atoms with Crippen molar-refractivity contribution in [3.05, 3.63) is 80.9 Å². The van der Waals surface area contributed by atoms with Crippen LogP contribution in [0.1, 0.15) is 101 Å². The Hall–Kier alpha value is -0.617. The van der Waals surface area contributed by atoms with Gasteiger partial charge in [0, 0.05) is 0 Å². The summed E-state index contributed by atoms with van der Waals surface area (Å²) in [7, 11) is 0. The molecule has 0 saturated carbocycles. The number of hydrogen-bond donors (Lipinski definition) is 0. The van der Waals surface area contributed by atoms with Gasteiger partial charge in [0.05, 0.1) is 0 Å². The zero-order valence-electron chi connectivity index (χ0n) is 20.7. The molecule has 0 aromatic heterocycles. The van der Waals surface area contributed by atoms with Crippen molar-refractivity contribution in [3.8, 4) is 0 Å². The standard InChI is InChI=1S/C30H34.2ClH.Zr/c1-29(2,3)23-11-7-21-15-19-10-14-26-20(9-13-25(19)27(21)17-23)16-22-8-12-24(18-28(22)26)30(4,5)6;;;/h7-8,11-12,15-18H,9-10,13-14H2,1-6H3;2*1H;/q;;;+2/p-2. The van der Waals surface area contributed by atoms with E-state index in [4.69, 9.17) is 0 Å². The molecule has 4 aliphatic rings. The predicted octanol–water partition coefficient (Wildman–Crippen LogP) is 1.84. The molecule has 0 radical (unpaired) electrons. The average Bonchev–Trinajstić information content (AvgIpc) is 3.17. The van der Waals surface area contributed by atoms with E-state index in [2.05, 4.69) is 90.1 Å². The number of benzene rings is 2. The molecule has 2 atom stereocenters. The van der Waals surface area contributed by atoms with Crippen molar-refractivity contribution in [2.24, 2.45) is 0 Å². The maximum atomic E-state index is 2.62. The van der Waals surface area contributed by atoms with Gasteiger partial charge in [0.15, 0.2) is 0 Å². The third-order valence-electron chi connectivity index (χ3n) is 8.48. The van der Waals surface area contributed by atoms with Gasteiger partial charge in [-0.15, -0.1) is 0 Å². The minimum absolute atomic E-state index is 0. The minimum Gasteiger partial charge on any atom is -1.00 e. The molecular weight excluding hydrogens is 522 g/mol. The largest absolute Gasteiger partial charge is 1.00 e. The SMILES string of the molecule is CC(C)(C)c1ccc2c(c1)[C]13CCC4=Cc5ccc(C(C)(C)C)cc5[C]4(CCC1=C2)[Zr+2]3.[Cl-].[Cl-]. The number of fused-ring (bicyclic) bond motifs is 2. The fourth-order valence-electron chi connectivity index (χ4n) is 6.59. The number of rotatable bonds is 0. The van der Waals surface area contributed by atoms with E-state index in [1.807, 2.05) is 0 Å². The summed E-state index contributed by atoms with van der Waals surface area (Å²) < 4.78 is 0.851. The Morgan fingerprint density at radius 3 is 1.39 bits per heavy atom. The molecule has 0 N–H and O–H groups in total. The zero-order chi connectivity index (χ0) is 21.8. The molecule has 0 nitrogen and oxygen atoms in total. The van der Waals surface area contributed by atoms with Crippen LogP contribution in [0.4, 0.5) is 0 Å². The fourth-order valence-corrected chi connectivity index (χ4v) is 13.1. The number of halogens is 2. The van der Waals surface area contributed by atoms with Gasteiger partial charge < -0.3 is 24.8 Å². The molecule has 33 heavy (non-hydrogen) atoms. The molecule has 2 aliphatic heterocycles. The van der Waals surface area contributed by atoms with Crippen molar-refractivity contribution in [2.45, 2.75) is 84.3 Å². The van der Waals surface area contributed by atoms with Gasteiger partial charge in [0.2, 0.25) is 0 Å². The van der Waals surface area contributed by atoms with Crippen LogP contribution in [-0.4, -0.2) is 0 Å². The Morgan fingerprint density at radius 1 is 0.636 bits per heavy atom. The van der Waals surface area contributed by atoms with Crippen LogP contribution < -0.4 is 24.8 Å². The third-order valence-corrected chi connectivity index (χ3v) is 14.7. The minimum atomic E-state index is -0.804. The molecular formula is C30H34Cl2Zr. The third kappa shape index (κ3) is 3.55. The molecule has 2 aromatic rings. The first-order chi connectivity index (χ1) is 14.5. The Morgan fingerprint density at radius 2 is 1.03 bits per heavy atom. The molecule has 3 heteroatoms. The Labute approximate surface area is 224 Å². The van der Waals surface area contributed by atoms with Crippen LogP contribution >= 0.6 is 0 Å². The summed E-state index contributed by atoms with van der Waals surface area (Å²) in [5.74, 6) is 0. The maximum absolute atomic E-state index is 2.62. The summed E-state index contributed by atoms with van der Waals surface area (Å²) in [5.41, 5.74) is 13.5. The summed E-state index contributed by atoms with van der Waals surface area (Å²) in [6, 6.07) is 14.9. The van der Waals surface area contributed by atoms with Crippen LogP contribution in [-0.2, 0) is 40.3 Å². The first kappa shape index (κ1) is 25.5. The van der Waals surface area contributed by atoms with Gasteiger partial charge in [-0.2, -0.15) is 0 Å². The summed E-state index contributed by atoms with van der Waals surface area (Å²) in [5, 5.41) is 0. The Kier molecular flexibility index (Phi) is 6.13. The van der Waals surface area contributed by atoms with Crippen molar-refractivity contribution < 1.29 is 48.0 Å². The van der Waals surface area contributed by atoms with Crippen LogP contribution in [0.15, 0.2) is 47.5 Å². The monoisotopic (exact) mass is 554 g/mol. The van der Waals surface area contributed by atoms with Crippen LogP contribution in [0.25, 0.3) is 12.2 Å². The van der Waals surface area contributed by atoms with Gasteiger partial charge in [-0.05, 0) is 0 Å². The van der Waals surface area contributed by atoms with E-state index in [1.54, 1.807) is 22.3 Å². The van der Waals surface area contributed by atoms with E-state index in [1.165, 1.54) is 47.9 Å². The molecule has 2 heterocycles. The van der Waals surface area contributed by atoms with Crippen molar-refractivity contribution in [1.82, 2.24) is 0 Å². The van der Waals surface area contributed by atoms with Gasteiger partial charge >= 0.3 is 201 Å². The van der Waals surface area contributed by atoms with Crippen LogP contribution in [0.2, 0.25) is 0 Å². The van der Waals surface area contributed by atoms with E-state index >= 15 is 0 Å². The van der Waals surface area contributed by atoms with E-state index in [0.717, 1.165) is 0 Å². The van der Waals surface area contributed by atoms with E-state index < -0.39 is 23.2 Å². The van der Waals surface area contributed by atoms with Gasteiger partial charge in [-0.25, -0.2) is 0 Å². The molecule has 2 spiro atoms. The smallest absolute Gasteiger partial charge is 1.00 e. The van der Waals surface area contributed by atoms with Gasteiger partial charge in [0.1, 0.15) is 0 Å². The molecule has 2 aromatic carbocycles. The van der Waals surface area contributed by atoms with Crippen molar-refractivity contribution in [1.29, 1.82) is 0 Å². The van der Waals surface area contributed by atoms with Crippen molar-refractivity contribution in [3.63, 3.8) is 0 Å². The Balaban J connectivity index is 0.00000130. The molecule has 2 unspecified atom stereocenters. The Bertz CT molecular complexity index is 1100. The van der Waals surface area contributed by atoms with Gasteiger partial charge in [0.25, 0.3) is 0 Å². The fraction of sp³-hybridized carbons (Fsp3) is 0.467. The van der Waals surface area contributed by atoms with E-state index in [-0.39, 0.29) is 35.6 Å². The maximum Gasteiger partial charge on any atom is -1.00 e. The first-order valence-corrected chi connectivity index (χ1v) is 14.5. The summed E-state index contributed by atoms with van der Waals surface area (Å²) in [4.78, 5) is 0.